The Kier molecular flexibility index (Phi) is 68.2. The number of hydrogen-bond donors (Lipinski definition) is 3. The molecule has 0 aliphatic rings. The molecule has 0 spiro atoms. The number of aliphatic hydroxyl groups excluding tert-OH is 2. The zero-order chi connectivity index (χ0) is 56.9. The quantitative estimate of drug-likeness (QED) is 0.0420. The molecule has 79 heavy (non-hydrogen) atoms. The van der Waals surface area contributed by atoms with E-state index in [-0.39, 0.29) is 12.5 Å². The summed E-state index contributed by atoms with van der Waals surface area (Å²) in [5.41, 5.74) is 0. The molecule has 0 aliphatic carbocycles. The van der Waals surface area contributed by atoms with Gasteiger partial charge in [-0.05, 0) is 83.5 Å². The predicted molar refractivity (Wildman–Crippen MR) is 354 cm³/mol. The van der Waals surface area contributed by atoms with Crippen LogP contribution in [0, 0.1) is 0 Å². The van der Waals surface area contributed by atoms with Gasteiger partial charge in [0.15, 0.2) is 0 Å². The standard InChI is InChI=1S/C75H139NO3/c1-3-5-7-9-11-13-15-17-19-21-23-25-27-29-31-33-35-37-38-39-41-43-45-47-49-51-53-55-57-59-61-63-65-67-69-71-75(79)76-73(72-77)74(78)70-68-66-64-62-60-58-56-54-52-50-48-46-44-42-40-36-34-32-30-28-26-24-22-20-18-16-14-12-10-8-6-4-2/h15,17,21,23,27,29,52,54,60,62,68,70,73-74,77-78H,3-14,16,18-20,22,24-26,28,30-51,53,55-59,61,63-67,69,71-72H2,1-2H3,(H,76,79)/b17-15-,23-21-,29-27-,54-52+,62-60+,70-68+. The summed E-state index contributed by atoms with van der Waals surface area (Å²) in [7, 11) is 0. The highest BCUT2D eigenvalue weighted by Gasteiger charge is 2.18. The third kappa shape index (κ3) is 66.5. The zero-order valence-electron chi connectivity index (χ0n) is 53.4. The first-order valence-electron chi connectivity index (χ1n) is 35.7. The molecule has 2 atom stereocenters. The van der Waals surface area contributed by atoms with E-state index in [1.807, 2.05) is 6.08 Å². The van der Waals surface area contributed by atoms with Crippen LogP contribution in [0.15, 0.2) is 72.9 Å². The van der Waals surface area contributed by atoms with E-state index >= 15 is 0 Å². The van der Waals surface area contributed by atoms with Gasteiger partial charge in [-0.1, -0.05) is 363 Å². The highest BCUT2D eigenvalue weighted by molar-refractivity contribution is 5.76. The van der Waals surface area contributed by atoms with Gasteiger partial charge in [0.1, 0.15) is 0 Å². The van der Waals surface area contributed by atoms with E-state index < -0.39 is 12.1 Å². The highest BCUT2D eigenvalue weighted by atomic mass is 16.3. The molecule has 4 nitrogen and oxygen atoms in total. The Morgan fingerprint density at radius 1 is 0.304 bits per heavy atom. The van der Waals surface area contributed by atoms with Gasteiger partial charge in [-0.3, -0.25) is 4.79 Å². The van der Waals surface area contributed by atoms with Crippen LogP contribution < -0.4 is 5.32 Å². The molecule has 462 valence electrons. The van der Waals surface area contributed by atoms with Crippen LogP contribution in [0.1, 0.15) is 380 Å². The molecule has 0 aliphatic heterocycles. The van der Waals surface area contributed by atoms with Crippen molar-refractivity contribution in [2.45, 2.75) is 392 Å². The van der Waals surface area contributed by atoms with Gasteiger partial charge < -0.3 is 15.5 Å². The minimum absolute atomic E-state index is 0.0730. The Balaban J connectivity index is 3.49. The number of amides is 1. The average molecular weight is 1100 g/mol. The Morgan fingerprint density at radius 3 is 0.823 bits per heavy atom. The monoisotopic (exact) mass is 1100 g/mol. The van der Waals surface area contributed by atoms with E-state index in [1.54, 1.807) is 6.08 Å². The highest BCUT2D eigenvalue weighted by Crippen LogP contribution is 2.18. The summed E-state index contributed by atoms with van der Waals surface area (Å²) in [6, 6.07) is -0.649. The van der Waals surface area contributed by atoms with Crippen molar-refractivity contribution in [3.05, 3.63) is 72.9 Å². The second-order valence-corrected chi connectivity index (χ2v) is 24.3. The summed E-state index contributed by atoms with van der Waals surface area (Å²) in [6.07, 6.45) is 101. The van der Waals surface area contributed by atoms with E-state index in [0.717, 1.165) is 51.4 Å². The molecule has 3 N–H and O–H groups in total. The molecular weight excluding hydrogens is 963 g/mol. The fourth-order valence-electron chi connectivity index (χ4n) is 11.0. The number of unbranched alkanes of at least 4 members (excludes halogenated alkanes) is 49. The van der Waals surface area contributed by atoms with Crippen molar-refractivity contribution in [1.29, 1.82) is 0 Å². The van der Waals surface area contributed by atoms with Crippen LogP contribution >= 0.6 is 0 Å². The molecule has 0 aromatic rings. The van der Waals surface area contributed by atoms with Crippen molar-refractivity contribution in [1.82, 2.24) is 5.32 Å². The lowest BCUT2D eigenvalue weighted by atomic mass is 10.0. The van der Waals surface area contributed by atoms with Crippen LogP contribution in [0.2, 0.25) is 0 Å². The van der Waals surface area contributed by atoms with Crippen LogP contribution in [0.5, 0.6) is 0 Å². The molecule has 0 saturated carbocycles. The molecular formula is C75H139NO3. The third-order valence-corrected chi connectivity index (χ3v) is 16.4. The number of rotatable bonds is 66. The van der Waals surface area contributed by atoms with Gasteiger partial charge in [-0.15, -0.1) is 0 Å². The lowest BCUT2D eigenvalue weighted by Gasteiger charge is -2.19. The topological polar surface area (TPSA) is 69.6 Å². The van der Waals surface area contributed by atoms with E-state index in [9.17, 15) is 15.0 Å². The summed E-state index contributed by atoms with van der Waals surface area (Å²) in [6.45, 7) is 4.32. The fourth-order valence-corrected chi connectivity index (χ4v) is 11.0. The molecule has 1 amide bonds. The maximum absolute atomic E-state index is 12.5. The van der Waals surface area contributed by atoms with Gasteiger partial charge in [0.05, 0.1) is 18.8 Å². The molecule has 0 aromatic heterocycles. The molecule has 0 rings (SSSR count). The van der Waals surface area contributed by atoms with Crippen molar-refractivity contribution < 1.29 is 15.0 Å². The second-order valence-electron chi connectivity index (χ2n) is 24.3. The number of nitrogens with one attached hydrogen (secondary N) is 1. The third-order valence-electron chi connectivity index (χ3n) is 16.4. The van der Waals surface area contributed by atoms with Crippen molar-refractivity contribution >= 4 is 5.91 Å². The maximum atomic E-state index is 12.5. The minimum Gasteiger partial charge on any atom is -0.394 e. The summed E-state index contributed by atoms with van der Waals surface area (Å²) >= 11 is 0. The smallest absolute Gasteiger partial charge is 0.220 e. The summed E-state index contributed by atoms with van der Waals surface area (Å²) in [5, 5.41) is 23.3. The lowest BCUT2D eigenvalue weighted by molar-refractivity contribution is -0.123. The normalized spacial score (nSPS) is 13.1. The SMILES string of the molecule is CCCCCCC/C=C\C/C=C\C/C=C\CCCCCCCCCCCCCCCCCCCCCCC(=O)NC(CO)C(O)/C=C/CC/C=C/CC/C=C/CCCCCCCCCCCCCCCCCCCCCCCC. The average Bonchev–Trinajstić information content (AvgIpc) is 3.45. The van der Waals surface area contributed by atoms with E-state index in [1.165, 1.54) is 308 Å². The lowest BCUT2D eigenvalue weighted by Crippen LogP contribution is -2.45. The second kappa shape index (κ2) is 70.1. The van der Waals surface area contributed by atoms with Gasteiger partial charge in [0.2, 0.25) is 5.91 Å². The Hall–Kier alpha value is -2.17. The molecule has 0 fully saturated rings. The van der Waals surface area contributed by atoms with E-state index in [2.05, 4.69) is 79.9 Å². The first-order valence-corrected chi connectivity index (χ1v) is 35.7. The minimum atomic E-state index is -0.874. The maximum Gasteiger partial charge on any atom is 0.220 e. The Bertz CT molecular complexity index is 1340. The summed E-state index contributed by atoms with van der Waals surface area (Å²) in [4.78, 5) is 12.5. The number of hydrogen-bond acceptors (Lipinski definition) is 3. The number of allylic oxidation sites excluding steroid dienone is 11. The molecule has 0 aromatic carbocycles. The van der Waals surface area contributed by atoms with E-state index in [4.69, 9.17) is 0 Å². The van der Waals surface area contributed by atoms with Crippen molar-refractivity contribution in [3.63, 3.8) is 0 Å². The summed E-state index contributed by atoms with van der Waals surface area (Å²) < 4.78 is 0. The first-order chi connectivity index (χ1) is 39.2. The van der Waals surface area contributed by atoms with Crippen molar-refractivity contribution in [2.75, 3.05) is 6.61 Å². The first kappa shape index (κ1) is 76.8. The largest absolute Gasteiger partial charge is 0.394 e. The molecule has 0 saturated heterocycles. The van der Waals surface area contributed by atoms with Crippen LogP contribution in [-0.4, -0.2) is 34.9 Å². The zero-order valence-corrected chi connectivity index (χ0v) is 53.4. The van der Waals surface area contributed by atoms with Crippen molar-refractivity contribution in [2.24, 2.45) is 0 Å². The van der Waals surface area contributed by atoms with Crippen LogP contribution in [0.4, 0.5) is 0 Å². The fraction of sp³-hybridized carbons (Fsp3) is 0.827. The number of carbonyl (C=O) groups excluding carboxylic acids is 1. The molecule has 0 heterocycles. The molecule has 4 heteroatoms. The van der Waals surface area contributed by atoms with Gasteiger partial charge in [0.25, 0.3) is 0 Å². The Morgan fingerprint density at radius 2 is 0.532 bits per heavy atom. The van der Waals surface area contributed by atoms with Gasteiger partial charge in [-0.25, -0.2) is 0 Å². The number of carbonyl (C=O) groups is 1. The van der Waals surface area contributed by atoms with Gasteiger partial charge in [0, 0.05) is 6.42 Å². The number of aliphatic hydroxyl groups is 2. The molecule has 0 bridgehead atoms. The van der Waals surface area contributed by atoms with Crippen LogP contribution in [0.3, 0.4) is 0 Å². The Labute approximate surface area is 495 Å². The van der Waals surface area contributed by atoms with Gasteiger partial charge >= 0.3 is 0 Å². The molecule has 0 radical (unpaired) electrons. The van der Waals surface area contributed by atoms with Crippen LogP contribution in [-0.2, 0) is 4.79 Å². The van der Waals surface area contributed by atoms with E-state index in [0.29, 0.717) is 6.42 Å². The summed E-state index contributed by atoms with van der Waals surface area (Å²) in [5.74, 6) is -0.0730. The molecule has 2 unspecified atom stereocenters. The predicted octanol–water partition coefficient (Wildman–Crippen LogP) is 24.4. The van der Waals surface area contributed by atoms with Crippen LogP contribution in [0.25, 0.3) is 0 Å². The van der Waals surface area contributed by atoms with Crippen molar-refractivity contribution in [3.8, 4) is 0 Å². The van der Waals surface area contributed by atoms with Gasteiger partial charge in [-0.2, -0.15) is 0 Å².